The molecule has 7 nitrogen and oxygen atoms in total. The fraction of sp³-hybridized carbons (Fsp3) is 0.100. The van der Waals surface area contributed by atoms with Crippen LogP contribution in [0.25, 0.3) is 21.5 Å². The number of nitrogens with one attached hydrogen (secondary N) is 2. The van der Waals surface area contributed by atoms with Crippen LogP contribution in [0.3, 0.4) is 0 Å². The number of H-pyrrole nitrogens is 1. The number of pyridine rings is 1. The van der Waals surface area contributed by atoms with Gasteiger partial charge < -0.3 is 10.1 Å². The van der Waals surface area contributed by atoms with Crippen LogP contribution in [-0.2, 0) is 21.2 Å². The van der Waals surface area contributed by atoms with Gasteiger partial charge in [-0.25, -0.2) is 17.8 Å². The molecule has 0 unspecified atom stereocenters. The van der Waals surface area contributed by atoms with Gasteiger partial charge in [-0.05, 0) is 47.5 Å². The summed E-state index contributed by atoms with van der Waals surface area (Å²) >= 11 is 0.981. The van der Waals surface area contributed by atoms with Crippen molar-refractivity contribution in [2.75, 3.05) is 0 Å². The summed E-state index contributed by atoms with van der Waals surface area (Å²) in [6.07, 6.45) is 3.19. The molecule has 1 aromatic carbocycles. The molecule has 0 aliphatic carbocycles. The molecule has 0 radical (unpaired) electrons. The van der Waals surface area contributed by atoms with Gasteiger partial charge in [0.1, 0.15) is 21.7 Å². The largest absolute Gasteiger partial charge is 0.480 e. The van der Waals surface area contributed by atoms with Gasteiger partial charge in [-0.3, -0.25) is 4.79 Å². The minimum Gasteiger partial charge on any atom is -0.480 e. The van der Waals surface area contributed by atoms with E-state index in [9.17, 15) is 22.7 Å². The number of fused-ring (bicyclic) bond motifs is 1. The summed E-state index contributed by atoms with van der Waals surface area (Å²) in [7, 11) is -4.07. The lowest BCUT2D eigenvalue weighted by Crippen LogP contribution is -2.41. The van der Waals surface area contributed by atoms with Crippen LogP contribution < -0.4 is 4.72 Å². The van der Waals surface area contributed by atoms with E-state index in [-0.39, 0.29) is 16.4 Å². The number of hydrogen-bond donors (Lipinski definition) is 3. The van der Waals surface area contributed by atoms with E-state index in [0.29, 0.717) is 21.7 Å². The number of thiophene rings is 1. The van der Waals surface area contributed by atoms with E-state index in [2.05, 4.69) is 14.7 Å². The van der Waals surface area contributed by atoms with E-state index in [1.54, 1.807) is 42.7 Å². The molecule has 0 aliphatic heterocycles. The van der Waals surface area contributed by atoms with Crippen molar-refractivity contribution in [2.45, 2.75) is 16.7 Å². The van der Waals surface area contributed by atoms with E-state index >= 15 is 0 Å². The Balaban J connectivity index is 1.57. The Morgan fingerprint density at radius 1 is 1.20 bits per heavy atom. The topological polar surface area (TPSA) is 112 Å². The Kier molecular flexibility index (Phi) is 5.37. The monoisotopic (exact) mass is 445 g/mol. The molecule has 3 aromatic heterocycles. The van der Waals surface area contributed by atoms with Gasteiger partial charge >= 0.3 is 5.97 Å². The van der Waals surface area contributed by atoms with Crippen molar-refractivity contribution in [3.8, 4) is 10.4 Å². The molecule has 0 fully saturated rings. The summed E-state index contributed by atoms with van der Waals surface area (Å²) in [4.78, 5) is 19.5. The van der Waals surface area contributed by atoms with E-state index < -0.39 is 22.0 Å². The second kappa shape index (κ2) is 7.98. The lowest BCUT2D eigenvalue weighted by Gasteiger charge is -2.13. The first-order chi connectivity index (χ1) is 14.3. The van der Waals surface area contributed by atoms with Crippen LogP contribution in [0.15, 0.2) is 65.1 Å². The van der Waals surface area contributed by atoms with Gasteiger partial charge in [0, 0.05) is 29.1 Å². The number of aromatic amines is 1. The maximum atomic E-state index is 13.1. The summed E-state index contributed by atoms with van der Waals surface area (Å²) in [6, 6.07) is 10.8. The lowest BCUT2D eigenvalue weighted by atomic mass is 10.1. The molecule has 154 valence electrons. The third-order valence-corrected chi connectivity index (χ3v) is 7.63. The summed E-state index contributed by atoms with van der Waals surface area (Å²) in [5.74, 6) is -1.67. The van der Waals surface area contributed by atoms with Crippen molar-refractivity contribution in [1.82, 2.24) is 14.7 Å². The number of benzene rings is 1. The Morgan fingerprint density at radius 2 is 1.97 bits per heavy atom. The average molecular weight is 445 g/mol. The zero-order valence-corrected chi connectivity index (χ0v) is 17.0. The Hall–Kier alpha value is -3.08. The fourth-order valence-electron chi connectivity index (χ4n) is 3.06. The number of aliphatic carboxylic acids is 1. The SMILES string of the molecule is O=C(O)[C@H](Cc1c[nH]c2ncccc12)NS(=O)(=O)c1ccc(-c2ccc(F)cc2)s1. The standard InChI is InChI=1S/C20H16FN3O4S2/c21-14-5-3-12(4-6-14)17-7-8-18(29-17)30(27,28)24-16(20(25)26)10-13-11-23-19-15(13)2-1-9-22-19/h1-9,11,16,24H,10H2,(H,22,23)(H,25,26)/t16-/m0/s1. The molecule has 30 heavy (non-hydrogen) atoms. The molecule has 0 saturated carbocycles. The Bertz CT molecular complexity index is 1310. The minimum absolute atomic E-state index is 0.0198. The number of rotatable bonds is 7. The number of carboxylic acids is 1. The maximum absolute atomic E-state index is 13.1. The van der Waals surface area contributed by atoms with Gasteiger partial charge in [-0.1, -0.05) is 12.1 Å². The number of sulfonamides is 1. The van der Waals surface area contributed by atoms with Crippen molar-refractivity contribution in [3.63, 3.8) is 0 Å². The van der Waals surface area contributed by atoms with Crippen molar-refractivity contribution in [3.05, 3.63) is 72.3 Å². The minimum atomic E-state index is -4.07. The van der Waals surface area contributed by atoms with Crippen LogP contribution in [0.1, 0.15) is 5.56 Å². The summed E-state index contributed by atoms with van der Waals surface area (Å²) in [5.41, 5.74) is 1.91. The predicted octanol–water partition coefficient (Wildman–Crippen LogP) is 3.40. The van der Waals surface area contributed by atoms with Crippen LogP contribution in [-0.4, -0.2) is 35.5 Å². The third kappa shape index (κ3) is 4.11. The Labute approximate surface area is 175 Å². The third-order valence-electron chi connectivity index (χ3n) is 4.53. The van der Waals surface area contributed by atoms with Crippen LogP contribution in [0.5, 0.6) is 0 Å². The second-order valence-electron chi connectivity index (χ2n) is 6.56. The van der Waals surface area contributed by atoms with Crippen molar-refractivity contribution in [1.29, 1.82) is 0 Å². The molecule has 4 rings (SSSR count). The maximum Gasteiger partial charge on any atom is 0.322 e. The van der Waals surface area contributed by atoms with Gasteiger partial charge in [0.05, 0.1) is 0 Å². The van der Waals surface area contributed by atoms with Crippen molar-refractivity contribution < 1.29 is 22.7 Å². The fourth-order valence-corrected chi connectivity index (χ4v) is 5.58. The first kappa shape index (κ1) is 20.2. The number of carbonyl (C=O) groups is 1. The molecule has 0 amide bonds. The summed E-state index contributed by atoms with van der Waals surface area (Å²) in [5, 5.41) is 10.3. The smallest absolute Gasteiger partial charge is 0.322 e. The van der Waals surface area contributed by atoms with Gasteiger partial charge in [0.15, 0.2) is 0 Å². The second-order valence-corrected chi connectivity index (χ2v) is 9.58. The molecule has 0 aliphatic rings. The zero-order chi connectivity index (χ0) is 21.3. The lowest BCUT2D eigenvalue weighted by molar-refractivity contribution is -0.138. The average Bonchev–Trinajstić information content (AvgIpc) is 3.36. The van der Waals surface area contributed by atoms with Crippen molar-refractivity contribution in [2.24, 2.45) is 0 Å². The number of hydrogen-bond acceptors (Lipinski definition) is 5. The first-order valence-electron chi connectivity index (χ1n) is 8.85. The number of aromatic nitrogens is 2. The molecule has 10 heteroatoms. The predicted molar refractivity (Wildman–Crippen MR) is 111 cm³/mol. The molecule has 3 N–H and O–H groups in total. The van der Waals surface area contributed by atoms with E-state index in [4.69, 9.17) is 0 Å². The molecule has 4 aromatic rings. The normalized spacial score (nSPS) is 12.8. The van der Waals surface area contributed by atoms with E-state index in [0.717, 1.165) is 16.7 Å². The van der Waals surface area contributed by atoms with Crippen LogP contribution in [0.4, 0.5) is 4.39 Å². The molecule has 1 atom stereocenters. The van der Waals surface area contributed by atoms with Crippen LogP contribution in [0, 0.1) is 5.82 Å². The molecule has 3 heterocycles. The van der Waals surface area contributed by atoms with Gasteiger partial charge in [0.2, 0.25) is 0 Å². The number of carboxylic acid groups (broad SMARTS) is 1. The van der Waals surface area contributed by atoms with Gasteiger partial charge in [-0.15, -0.1) is 11.3 Å². The number of halogens is 1. The quantitative estimate of drug-likeness (QED) is 0.404. The van der Waals surface area contributed by atoms with Crippen LogP contribution in [0.2, 0.25) is 0 Å². The molecule has 0 saturated heterocycles. The first-order valence-corrected chi connectivity index (χ1v) is 11.2. The highest BCUT2D eigenvalue weighted by molar-refractivity contribution is 7.91. The highest BCUT2D eigenvalue weighted by atomic mass is 32.2. The van der Waals surface area contributed by atoms with E-state index in [1.165, 1.54) is 18.2 Å². The molecule has 0 bridgehead atoms. The van der Waals surface area contributed by atoms with Gasteiger partial charge in [-0.2, -0.15) is 4.72 Å². The highest BCUT2D eigenvalue weighted by Crippen LogP contribution is 2.31. The molecular formula is C20H16FN3O4S2. The number of nitrogens with zero attached hydrogens (tertiary/aromatic N) is 1. The highest BCUT2D eigenvalue weighted by Gasteiger charge is 2.28. The molecule has 0 spiro atoms. The zero-order valence-electron chi connectivity index (χ0n) is 15.4. The van der Waals surface area contributed by atoms with Gasteiger partial charge in [0.25, 0.3) is 10.0 Å². The van der Waals surface area contributed by atoms with E-state index in [1.807, 2.05) is 0 Å². The Morgan fingerprint density at radius 3 is 2.70 bits per heavy atom. The van der Waals surface area contributed by atoms with Crippen molar-refractivity contribution >= 4 is 38.4 Å². The summed E-state index contributed by atoms with van der Waals surface area (Å²) in [6.45, 7) is 0. The van der Waals surface area contributed by atoms with Crippen LogP contribution >= 0.6 is 11.3 Å². The summed E-state index contributed by atoms with van der Waals surface area (Å²) < 4.78 is 40.9. The molecular weight excluding hydrogens is 429 g/mol.